The predicted molar refractivity (Wildman–Crippen MR) is 97.9 cm³/mol. The van der Waals surface area contributed by atoms with Crippen LogP contribution in [0.1, 0.15) is 36.9 Å². The number of hydrogen-bond acceptors (Lipinski definition) is 2. The molecule has 0 spiro atoms. The fraction of sp³-hybridized carbons (Fsp3) is 0.409. The normalized spacial score (nSPS) is 28.1. The van der Waals surface area contributed by atoms with Crippen LogP contribution >= 0.6 is 0 Å². The Balaban J connectivity index is 1.75. The van der Waals surface area contributed by atoms with E-state index in [1.807, 2.05) is 0 Å². The number of nitrogens with zero attached hydrogens (tertiary/aromatic N) is 1. The van der Waals surface area contributed by atoms with Crippen LogP contribution in [0.25, 0.3) is 0 Å². The summed E-state index contributed by atoms with van der Waals surface area (Å²) in [5.41, 5.74) is 2.71. The van der Waals surface area contributed by atoms with Gasteiger partial charge in [0.1, 0.15) is 12.6 Å². The van der Waals surface area contributed by atoms with Crippen LogP contribution in [-0.4, -0.2) is 36.2 Å². The fourth-order valence-corrected chi connectivity index (χ4v) is 4.97. The predicted octanol–water partition coefficient (Wildman–Crippen LogP) is 3.95. The van der Waals surface area contributed by atoms with E-state index in [0.29, 0.717) is 12.0 Å². The molecule has 0 aliphatic carbocycles. The van der Waals surface area contributed by atoms with E-state index in [0.717, 1.165) is 37.0 Å². The highest BCUT2D eigenvalue weighted by atomic mass is 16.5. The number of esters is 1. The van der Waals surface area contributed by atoms with Crippen molar-refractivity contribution in [2.45, 2.75) is 31.9 Å². The Hall–Kier alpha value is -2.13. The summed E-state index contributed by atoms with van der Waals surface area (Å²) >= 11 is 0. The van der Waals surface area contributed by atoms with E-state index < -0.39 is 0 Å². The molecule has 3 nitrogen and oxygen atoms in total. The molecule has 3 fully saturated rings. The molecule has 0 aromatic heterocycles. The molecule has 3 saturated heterocycles. The Labute approximate surface area is 149 Å². The van der Waals surface area contributed by atoms with Crippen LogP contribution in [0.5, 0.6) is 0 Å². The maximum Gasteiger partial charge on any atom is 0.303 e. The zero-order valence-corrected chi connectivity index (χ0v) is 14.8. The van der Waals surface area contributed by atoms with Gasteiger partial charge in [0.25, 0.3) is 0 Å². The van der Waals surface area contributed by atoms with Gasteiger partial charge in [-0.15, -0.1) is 0 Å². The Morgan fingerprint density at radius 3 is 1.96 bits per heavy atom. The third-order valence-corrected chi connectivity index (χ3v) is 6.06. The molecule has 3 aliphatic heterocycles. The number of hydrogen-bond donors (Lipinski definition) is 0. The van der Waals surface area contributed by atoms with Gasteiger partial charge in [-0.25, -0.2) is 0 Å². The number of fused-ring (bicyclic) bond motifs is 3. The summed E-state index contributed by atoms with van der Waals surface area (Å²) in [5.74, 6) is 0.393. The molecule has 0 unspecified atom stereocenters. The van der Waals surface area contributed by atoms with Gasteiger partial charge in [-0.3, -0.25) is 4.79 Å². The lowest BCUT2D eigenvalue weighted by Crippen LogP contribution is -2.65. The summed E-state index contributed by atoms with van der Waals surface area (Å²) in [6.45, 7) is 4.79. The van der Waals surface area contributed by atoms with Gasteiger partial charge < -0.3 is 9.22 Å². The van der Waals surface area contributed by atoms with Gasteiger partial charge in [0.15, 0.2) is 6.10 Å². The molecular formula is C22H26NO2+. The molecule has 2 aromatic carbocycles. The molecule has 3 heteroatoms. The first-order chi connectivity index (χ1) is 12.2. The van der Waals surface area contributed by atoms with Gasteiger partial charge in [-0.2, -0.15) is 0 Å². The maximum atomic E-state index is 11.6. The highest BCUT2D eigenvalue weighted by molar-refractivity contribution is 5.66. The van der Waals surface area contributed by atoms with E-state index in [2.05, 4.69) is 60.7 Å². The highest BCUT2D eigenvalue weighted by Crippen LogP contribution is 2.45. The smallest absolute Gasteiger partial charge is 0.303 e. The minimum atomic E-state index is -0.145. The zero-order valence-electron chi connectivity index (χ0n) is 14.8. The van der Waals surface area contributed by atoms with Crippen LogP contribution < -0.4 is 0 Å². The molecule has 5 rings (SSSR count). The van der Waals surface area contributed by atoms with E-state index in [4.69, 9.17) is 4.74 Å². The van der Waals surface area contributed by atoms with Crippen LogP contribution in [0.15, 0.2) is 60.7 Å². The first kappa shape index (κ1) is 16.3. The molecule has 0 radical (unpaired) electrons. The Bertz CT molecular complexity index is 681. The van der Waals surface area contributed by atoms with E-state index in [-0.39, 0.29) is 12.1 Å². The summed E-state index contributed by atoms with van der Waals surface area (Å²) in [7, 11) is 0. The lowest BCUT2D eigenvalue weighted by Gasteiger charge is -2.55. The van der Waals surface area contributed by atoms with Gasteiger partial charge in [0.05, 0.1) is 13.1 Å². The first-order valence-corrected chi connectivity index (χ1v) is 9.31. The maximum absolute atomic E-state index is 11.6. The number of carbonyl (C=O) groups excluding carboxylic acids is 1. The fourth-order valence-electron chi connectivity index (χ4n) is 4.97. The Morgan fingerprint density at radius 2 is 1.48 bits per heavy atom. The third kappa shape index (κ3) is 3.09. The standard InChI is InChI=1S/C22H26NO2/c1-17(24)25-21-16-23(14-12-18(21)13-15-23)22(19-8-4-2-5-9-19)20-10-6-3-7-11-20/h2-11,18,21-22H,12-16H2,1H3/q+1/t18?,21-,23?/m1/s1. The van der Waals surface area contributed by atoms with Crippen molar-refractivity contribution < 1.29 is 14.0 Å². The minimum absolute atomic E-state index is 0.0647. The van der Waals surface area contributed by atoms with Crippen LogP contribution in [-0.2, 0) is 9.53 Å². The van der Waals surface area contributed by atoms with Gasteiger partial charge in [-0.1, -0.05) is 60.7 Å². The molecule has 2 aromatic rings. The number of ether oxygens (including phenoxy) is 1. The van der Waals surface area contributed by atoms with E-state index in [1.54, 1.807) is 0 Å². The van der Waals surface area contributed by atoms with E-state index in [9.17, 15) is 4.79 Å². The molecular weight excluding hydrogens is 310 g/mol. The van der Waals surface area contributed by atoms with Crippen LogP contribution in [0.3, 0.4) is 0 Å². The lowest BCUT2D eigenvalue weighted by atomic mass is 9.79. The molecule has 0 saturated carbocycles. The summed E-state index contributed by atoms with van der Waals surface area (Å²) in [4.78, 5) is 11.6. The highest BCUT2D eigenvalue weighted by Gasteiger charge is 2.51. The second kappa shape index (κ2) is 6.64. The lowest BCUT2D eigenvalue weighted by molar-refractivity contribution is -0.968. The summed E-state index contributed by atoms with van der Waals surface area (Å²) in [6.07, 6.45) is 2.36. The molecule has 130 valence electrons. The van der Waals surface area contributed by atoms with Crippen molar-refractivity contribution in [3.05, 3.63) is 71.8 Å². The molecule has 0 N–H and O–H groups in total. The van der Waals surface area contributed by atoms with Crippen molar-refractivity contribution in [2.75, 3.05) is 19.6 Å². The number of rotatable bonds is 4. The SMILES string of the molecule is CC(=O)O[C@@H]1C[N+]2(C(c3ccccc3)c3ccccc3)CCC1CC2. The van der Waals surface area contributed by atoms with Crippen LogP contribution in [0.4, 0.5) is 0 Å². The van der Waals surface area contributed by atoms with Crippen molar-refractivity contribution in [1.29, 1.82) is 0 Å². The summed E-state index contributed by atoms with van der Waals surface area (Å²) in [5, 5.41) is 0. The second-order valence-corrected chi connectivity index (χ2v) is 7.56. The van der Waals surface area contributed by atoms with Gasteiger partial charge in [-0.05, 0) is 0 Å². The van der Waals surface area contributed by atoms with E-state index in [1.165, 1.54) is 18.1 Å². The first-order valence-electron chi connectivity index (χ1n) is 9.31. The molecule has 2 bridgehead atoms. The third-order valence-electron chi connectivity index (χ3n) is 6.06. The topological polar surface area (TPSA) is 26.3 Å². The van der Waals surface area contributed by atoms with Crippen molar-refractivity contribution >= 4 is 5.97 Å². The van der Waals surface area contributed by atoms with Gasteiger partial charge >= 0.3 is 5.97 Å². The van der Waals surface area contributed by atoms with Crippen molar-refractivity contribution in [1.82, 2.24) is 0 Å². The average molecular weight is 336 g/mol. The van der Waals surface area contributed by atoms with Crippen molar-refractivity contribution in [3.63, 3.8) is 0 Å². The molecule has 1 atom stereocenters. The van der Waals surface area contributed by atoms with Gasteiger partial charge in [0.2, 0.25) is 0 Å². The zero-order chi connectivity index (χ0) is 17.3. The van der Waals surface area contributed by atoms with E-state index >= 15 is 0 Å². The second-order valence-electron chi connectivity index (χ2n) is 7.56. The number of benzene rings is 2. The average Bonchev–Trinajstić information content (AvgIpc) is 2.64. The quantitative estimate of drug-likeness (QED) is 0.624. The molecule has 25 heavy (non-hydrogen) atoms. The van der Waals surface area contributed by atoms with Crippen molar-refractivity contribution in [3.8, 4) is 0 Å². The number of quaternary nitrogens is 1. The van der Waals surface area contributed by atoms with Crippen LogP contribution in [0.2, 0.25) is 0 Å². The number of piperidine rings is 3. The minimum Gasteiger partial charge on any atom is -0.456 e. The number of carbonyl (C=O) groups is 1. The summed E-state index contributed by atoms with van der Waals surface area (Å²) < 4.78 is 6.72. The Morgan fingerprint density at radius 1 is 0.960 bits per heavy atom. The van der Waals surface area contributed by atoms with Crippen LogP contribution in [0, 0.1) is 5.92 Å². The molecule has 3 aliphatic rings. The monoisotopic (exact) mass is 336 g/mol. The Kier molecular flexibility index (Phi) is 4.34. The van der Waals surface area contributed by atoms with Gasteiger partial charge in [0, 0.05) is 36.8 Å². The molecule has 0 amide bonds. The largest absolute Gasteiger partial charge is 0.456 e. The van der Waals surface area contributed by atoms with Crippen molar-refractivity contribution in [2.24, 2.45) is 5.92 Å². The summed E-state index contributed by atoms with van der Waals surface area (Å²) in [6, 6.07) is 21.9. The molecule has 3 heterocycles.